The molecule has 0 aliphatic carbocycles. The molecule has 1 amide bonds. The van der Waals surface area contributed by atoms with Crippen LogP contribution in [-0.2, 0) is 11.3 Å². The second kappa shape index (κ2) is 8.31. The van der Waals surface area contributed by atoms with Crippen LogP contribution in [0.25, 0.3) is 11.4 Å². The van der Waals surface area contributed by atoms with Crippen molar-refractivity contribution in [3.8, 4) is 22.9 Å². The first-order chi connectivity index (χ1) is 14.5. The monoisotopic (exact) mass is 431 g/mol. The number of hydrogen-bond acceptors (Lipinski definition) is 6. The van der Waals surface area contributed by atoms with Crippen LogP contribution in [-0.4, -0.2) is 41.7 Å². The average Bonchev–Trinajstić information content (AvgIpc) is 3.37. The smallest absolute Gasteiger partial charge is 0.232 e. The van der Waals surface area contributed by atoms with E-state index in [1.165, 1.54) is 12.1 Å². The maximum absolute atomic E-state index is 13.7. The predicted molar refractivity (Wildman–Crippen MR) is 107 cm³/mol. The van der Waals surface area contributed by atoms with E-state index in [9.17, 15) is 9.18 Å². The average molecular weight is 432 g/mol. The molecule has 0 N–H and O–H groups in total. The SMILES string of the molecule is COc1ccc(CN2CC(c3nc(-c4ccc(Cl)c(F)c4)no3)CC2=O)c(OC)c1. The minimum atomic E-state index is -0.559. The molecule has 9 heteroatoms. The lowest BCUT2D eigenvalue weighted by molar-refractivity contribution is -0.128. The Morgan fingerprint density at radius 1 is 1.23 bits per heavy atom. The van der Waals surface area contributed by atoms with Crippen molar-refractivity contribution in [2.45, 2.75) is 18.9 Å². The molecule has 1 atom stereocenters. The van der Waals surface area contributed by atoms with Gasteiger partial charge >= 0.3 is 0 Å². The molecule has 156 valence electrons. The van der Waals surface area contributed by atoms with Crippen LogP contribution >= 0.6 is 11.6 Å². The van der Waals surface area contributed by atoms with Gasteiger partial charge < -0.3 is 18.9 Å². The number of ether oxygens (including phenoxy) is 2. The Bertz CT molecular complexity index is 1090. The van der Waals surface area contributed by atoms with Crippen molar-refractivity contribution in [1.29, 1.82) is 0 Å². The van der Waals surface area contributed by atoms with Gasteiger partial charge in [-0.05, 0) is 30.3 Å². The third kappa shape index (κ3) is 3.95. The topological polar surface area (TPSA) is 77.7 Å². The van der Waals surface area contributed by atoms with E-state index in [0.717, 1.165) is 5.56 Å². The lowest BCUT2D eigenvalue weighted by Gasteiger charge is -2.18. The molecule has 4 rings (SSSR count). The van der Waals surface area contributed by atoms with Crippen molar-refractivity contribution >= 4 is 17.5 Å². The van der Waals surface area contributed by atoms with Crippen molar-refractivity contribution in [2.75, 3.05) is 20.8 Å². The van der Waals surface area contributed by atoms with E-state index >= 15 is 0 Å². The lowest BCUT2D eigenvalue weighted by atomic mass is 10.1. The summed E-state index contributed by atoms with van der Waals surface area (Å²) in [5.74, 6) is 1.11. The zero-order valence-corrected chi connectivity index (χ0v) is 17.1. The molecule has 1 saturated heterocycles. The number of benzene rings is 2. The van der Waals surface area contributed by atoms with E-state index in [4.69, 9.17) is 25.6 Å². The predicted octanol–water partition coefficient (Wildman–Crippen LogP) is 4.06. The third-order valence-electron chi connectivity index (χ3n) is 5.04. The highest BCUT2D eigenvalue weighted by atomic mass is 35.5. The highest BCUT2D eigenvalue weighted by Crippen LogP contribution is 2.32. The number of aromatic nitrogens is 2. The van der Waals surface area contributed by atoms with Gasteiger partial charge in [-0.3, -0.25) is 4.79 Å². The molecule has 1 unspecified atom stereocenters. The van der Waals surface area contributed by atoms with Crippen molar-refractivity contribution in [2.24, 2.45) is 0 Å². The summed E-state index contributed by atoms with van der Waals surface area (Å²) < 4.78 is 29.7. The summed E-state index contributed by atoms with van der Waals surface area (Å²) >= 11 is 5.72. The minimum absolute atomic E-state index is 0.0184. The quantitative estimate of drug-likeness (QED) is 0.585. The number of carbonyl (C=O) groups is 1. The van der Waals surface area contributed by atoms with Crippen molar-refractivity contribution in [1.82, 2.24) is 15.0 Å². The molecule has 30 heavy (non-hydrogen) atoms. The molecule has 0 saturated carbocycles. The van der Waals surface area contributed by atoms with Gasteiger partial charge in [-0.2, -0.15) is 4.98 Å². The van der Waals surface area contributed by atoms with E-state index in [1.54, 1.807) is 31.3 Å². The van der Waals surface area contributed by atoms with Gasteiger partial charge in [0.2, 0.25) is 17.6 Å². The normalized spacial score (nSPS) is 16.2. The molecule has 2 aromatic carbocycles. The second-order valence-electron chi connectivity index (χ2n) is 6.94. The fraction of sp³-hybridized carbons (Fsp3) is 0.286. The van der Waals surface area contributed by atoms with Crippen molar-refractivity contribution in [3.05, 3.63) is 58.7 Å². The molecule has 2 heterocycles. The Labute approximate surface area is 177 Å². The summed E-state index contributed by atoms with van der Waals surface area (Å²) in [5, 5.41) is 3.94. The van der Waals surface area contributed by atoms with Gasteiger partial charge in [0, 0.05) is 36.7 Å². The zero-order chi connectivity index (χ0) is 21.3. The Kier molecular flexibility index (Phi) is 5.59. The molecule has 1 aliphatic rings. The van der Waals surface area contributed by atoms with Crippen molar-refractivity contribution in [3.63, 3.8) is 0 Å². The summed E-state index contributed by atoms with van der Waals surface area (Å²) in [5.41, 5.74) is 1.33. The molecule has 0 bridgehead atoms. The number of rotatable bonds is 6. The van der Waals surface area contributed by atoms with Crippen LogP contribution in [0, 0.1) is 5.82 Å². The first-order valence-electron chi connectivity index (χ1n) is 9.26. The van der Waals surface area contributed by atoms with E-state index in [0.29, 0.717) is 36.0 Å². The largest absolute Gasteiger partial charge is 0.497 e. The highest BCUT2D eigenvalue weighted by Gasteiger charge is 2.34. The Balaban J connectivity index is 1.49. The number of nitrogens with zero attached hydrogens (tertiary/aromatic N) is 3. The molecule has 1 aliphatic heterocycles. The fourth-order valence-corrected chi connectivity index (χ4v) is 3.55. The van der Waals surface area contributed by atoms with Gasteiger partial charge in [0.05, 0.1) is 25.2 Å². The van der Waals surface area contributed by atoms with Gasteiger partial charge in [-0.15, -0.1) is 0 Å². The highest BCUT2D eigenvalue weighted by molar-refractivity contribution is 6.30. The summed E-state index contributed by atoms with van der Waals surface area (Å²) in [7, 11) is 3.16. The van der Waals surface area contributed by atoms with Gasteiger partial charge in [0.1, 0.15) is 17.3 Å². The van der Waals surface area contributed by atoms with Crippen LogP contribution in [0.1, 0.15) is 23.8 Å². The number of likely N-dealkylation sites (tertiary alicyclic amines) is 1. The summed E-state index contributed by atoms with van der Waals surface area (Å²) in [6, 6.07) is 9.78. The molecular weight excluding hydrogens is 413 g/mol. The third-order valence-corrected chi connectivity index (χ3v) is 5.35. The fourth-order valence-electron chi connectivity index (χ4n) is 3.43. The first-order valence-corrected chi connectivity index (χ1v) is 9.64. The van der Waals surface area contributed by atoms with Gasteiger partial charge in [0.25, 0.3) is 0 Å². The van der Waals surface area contributed by atoms with Crippen LogP contribution < -0.4 is 9.47 Å². The molecule has 1 fully saturated rings. The molecule has 7 nitrogen and oxygen atoms in total. The van der Waals surface area contributed by atoms with Gasteiger partial charge in [-0.1, -0.05) is 16.8 Å². The first kappa shape index (κ1) is 20.2. The van der Waals surface area contributed by atoms with Crippen LogP contribution in [0.3, 0.4) is 0 Å². The summed E-state index contributed by atoms with van der Waals surface area (Å²) in [4.78, 5) is 18.6. The number of halogens is 2. The minimum Gasteiger partial charge on any atom is -0.497 e. The van der Waals surface area contributed by atoms with Gasteiger partial charge in [-0.25, -0.2) is 4.39 Å². The van der Waals surface area contributed by atoms with Crippen LogP contribution in [0.2, 0.25) is 5.02 Å². The van der Waals surface area contributed by atoms with Crippen LogP contribution in [0.4, 0.5) is 4.39 Å². The lowest BCUT2D eigenvalue weighted by Crippen LogP contribution is -2.24. The number of amides is 1. The zero-order valence-electron chi connectivity index (χ0n) is 16.4. The van der Waals surface area contributed by atoms with E-state index in [2.05, 4.69) is 10.1 Å². The summed E-state index contributed by atoms with van der Waals surface area (Å²) in [6.45, 7) is 0.830. The number of hydrogen-bond donors (Lipinski definition) is 0. The van der Waals surface area contributed by atoms with Crippen LogP contribution in [0.15, 0.2) is 40.9 Å². The number of carbonyl (C=O) groups excluding carboxylic acids is 1. The standard InChI is InChI=1S/C21H19ClFN3O4/c1-28-15-5-3-13(18(9-15)29-2)10-26-11-14(8-19(26)27)21-24-20(25-30-21)12-4-6-16(22)17(23)7-12/h3-7,9,14H,8,10-11H2,1-2H3. The molecule has 1 aromatic heterocycles. The van der Waals surface area contributed by atoms with Gasteiger partial charge in [0.15, 0.2) is 0 Å². The summed E-state index contributed by atoms with van der Waals surface area (Å²) in [6.07, 6.45) is 0.259. The maximum atomic E-state index is 13.7. The van der Waals surface area contributed by atoms with E-state index in [1.807, 2.05) is 12.1 Å². The van der Waals surface area contributed by atoms with E-state index < -0.39 is 5.82 Å². The Morgan fingerprint density at radius 2 is 2.07 bits per heavy atom. The second-order valence-corrected chi connectivity index (χ2v) is 7.35. The Morgan fingerprint density at radius 3 is 2.80 bits per heavy atom. The number of methoxy groups -OCH3 is 2. The van der Waals surface area contributed by atoms with Crippen LogP contribution in [0.5, 0.6) is 11.5 Å². The molecule has 3 aromatic rings. The molecule has 0 spiro atoms. The Hall–Kier alpha value is -3.13. The molecular formula is C21H19ClFN3O4. The maximum Gasteiger partial charge on any atom is 0.232 e. The van der Waals surface area contributed by atoms with Crippen molar-refractivity contribution < 1.29 is 23.2 Å². The molecule has 0 radical (unpaired) electrons. The van der Waals surface area contributed by atoms with E-state index in [-0.39, 0.29) is 29.1 Å².